The summed E-state index contributed by atoms with van der Waals surface area (Å²) in [6.45, 7) is 10.7. The van der Waals surface area contributed by atoms with E-state index in [-0.39, 0.29) is 69.4 Å². The summed E-state index contributed by atoms with van der Waals surface area (Å²) in [6.07, 6.45) is -2.98. The molecule has 3 aliphatic rings. The number of carbonyl (C=O) groups excluding carboxylic acids is 11. The highest BCUT2D eigenvalue weighted by atomic mass is 35.5. The van der Waals surface area contributed by atoms with Crippen LogP contribution in [-0.4, -0.2) is 228 Å². The largest absolute Gasteiger partial charge is 0.417 e. The van der Waals surface area contributed by atoms with Crippen LogP contribution in [0.25, 0.3) is 0 Å². The fourth-order valence-corrected chi connectivity index (χ4v) is 12.7. The molecule has 1 saturated carbocycles. The number of hydrogen-bond acceptors (Lipinski definition) is 12. The van der Waals surface area contributed by atoms with Crippen LogP contribution in [0.4, 0.5) is 13.2 Å². The van der Waals surface area contributed by atoms with Crippen molar-refractivity contribution in [2.75, 3.05) is 75.5 Å². The van der Waals surface area contributed by atoms with E-state index in [1.54, 1.807) is 39.8 Å². The van der Waals surface area contributed by atoms with Crippen LogP contribution in [0, 0.1) is 29.1 Å². The van der Waals surface area contributed by atoms with Crippen LogP contribution < -0.4 is 16.0 Å². The van der Waals surface area contributed by atoms with Gasteiger partial charge in [0.15, 0.2) is 0 Å². The van der Waals surface area contributed by atoms with E-state index < -0.39 is 161 Å². The van der Waals surface area contributed by atoms with Gasteiger partial charge < -0.3 is 55.1 Å². The second-order valence-electron chi connectivity index (χ2n) is 26.2. The zero-order valence-electron chi connectivity index (χ0n) is 56.2. The topological polar surface area (TPSA) is 274 Å². The fraction of sp³-hybridized carbons (Fsp3) is 0.636. The lowest BCUT2D eigenvalue weighted by Crippen LogP contribution is -2.64. The third-order valence-electron chi connectivity index (χ3n) is 18.5. The Morgan fingerprint density at radius 2 is 1.27 bits per heavy atom. The van der Waals surface area contributed by atoms with Crippen LogP contribution in [-0.2, 0) is 71.8 Å². The predicted octanol–water partition coefficient (Wildman–Crippen LogP) is 4.65. The van der Waals surface area contributed by atoms with Gasteiger partial charge in [0.2, 0.25) is 65.0 Å². The molecule has 2 heterocycles. The summed E-state index contributed by atoms with van der Waals surface area (Å²) in [5.74, 6) is -8.37. The Morgan fingerprint density at radius 1 is 0.677 bits per heavy atom. The molecular weight excluding hydrogens is 1230 g/mol. The van der Waals surface area contributed by atoms with Crippen LogP contribution >= 0.6 is 11.6 Å². The van der Waals surface area contributed by atoms with E-state index in [0.29, 0.717) is 36.8 Å². The van der Waals surface area contributed by atoms with E-state index in [4.69, 9.17) is 11.6 Å². The van der Waals surface area contributed by atoms with Crippen LogP contribution in [0.3, 0.4) is 0 Å². The molecule has 0 aromatic heterocycles. The number of hydrogen-bond donors (Lipinski definition) is 3. The molecule has 1 aliphatic carbocycles. The number of benzene rings is 2. The Labute approximate surface area is 549 Å². The van der Waals surface area contributed by atoms with Crippen molar-refractivity contribution in [1.82, 2.24) is 55.1 Å². The van der Waals surface area contributed by atoms with Crippen LogP contribution in [0.5, 0.6) is 0 Å². The van der Waals surface area contributed by atoms with Gasteiger partial charge in [-0.25, -0.2) is 0 Å². The van der Waals surface area contributed by atoms with Gasteiger partial charge in [-0.15, -0.1) is 0 Å². The normalized spacial score (nSPS) is 24.6. The minimum atomic E-state index is -4.77. The Morgan fingerprint density at radius 3 is 1.84 bits per heavy atom. The van der Waals surface area contributed by atoms with Crippen molar-refractivity contribution in [2.45, 2.75) is 180 Å². The lowest BCUT2D eigenvalue weighted by Gasteiger charge is -2.41. The van der Waals surface area contributed by atoms with Gasteiger partial charge in [-0.1, -0.05) is 90.6 Å². The van der Waals surface area contributed by atoms with E-state index in [9.17, 15) is 61.6 Å². The molecule has 2 aromatic carbocycles. The molecule has 8 atom stereocenters. The lowest BCUT2D eigenvalue weighted by atomic mass is 9.91. The van der Waals surface area contributed by atoms with Gasteiger partial charge in [0.1, 0.15) is 41.8 Å². The van der Waals surface area contributed by atoms with E-state index in [0.717, 1.165) is 31.7 Å². The molecule has 1 spiro atoms. The first-order valence-corrected chi connectivity index (χ1v) is 32.2. The van der Waals surface area contributed by atoms with Gasteiger partial charge in [-0.05, 0) is 105 Å². The number of fused-ring (bicyclic) bond motifs is 1. The number of amides is 11. The number of rotatable bonds is 10. The highest BCUT2D eigenvalue weighted by Crippen LogP contribution is 2.36. The molecule has 512 valence electrons. The molecule has 2 saturated heterocycles. The summed E-state index contributed by atoms with van der Waals surface area (Å²) in [7, 11) is 9.79. The zero-order valence-corrected chi connectivity index (χ0v) is 56.9. The monoisotopic (exact) mass is 1320 g/mol. The van der Waals surface area contributed by atoms with Crippen LogP contribution in [0.2, 0.25) is 5.02 Å². The Hall–Kier alpha value is -7.82. The second-order valence-corrected chi connectivity index (χ2v) is 26.6. The summed E-state index contributed by atoms with van der Waals surface area (Å²) in [6, 6.07) is 3.21. The van der Waals surface area contributed by atoms with Crippen molar-refractivity contribution in [1.29, 1.82) is 5.26 Å². The third-order valence-corrected chi connectivity index (χ3v) is 18.8. The number of aryl methyl sites for hydroxylation is 1. The highest BCUT2D eigenvalue weighted by Gasteiger charge is 2.50. The van der Waals surface area contributed by atoms with Gasteiger partial charge in [0.25, 0.3) is 0 Å². The smallest absolute Gasteiger partial charge is 0.343 e. The molecule has 3 N–H and O–H groups in total. The molecule has 5 rings (SSSR count). The summed E-state index contributed by atoms with van der Waals surface area (Å²) >= 11 is 6.11. The van der Waals surface area contributed by atoms with Gasteiger partial charge in [-0.2, -0.15) is 18.4 Å². The summed E-state index contributed by atoms with van der Waals surface area (Å²) in [4.78, 5) is 170. The van der Waals surface area contributed by atoms with Gasteiger partial charge in [-0.3, -0.25) is 52.7 Å². The first-order valence-electron chi connectivity index (χ1n) is 31.8. The number of nitrogens with one attached hydrogen (secondary N) is 3. The number of likely N-dealkylation sites (N-methyl/N-ethyl adjacent to an activating group) is 7. The molecule has 2 aromatic rings. The van der Waals surface area contributed by atoms with Crippen molar-refractivity contribution in [3.63, 3.8) is 0 Å². The third kappa shape index (κ3) is 19.2. The Bertz CT molecular complexity index is 3120. The maximum Gasteiger partial charge on any atom is 0.417 e. The number of carbonyl (C=O) groups is 11. The molecule has 2 aliphatic heterocycles. The second kappa shape index (κ2) is 32.8. The SMILES string of the molecule is CC[C@H](C)[C@@H]1NC(=O)[C@H](CC(C)C)N(C)C(=O)C[C@@H](C)N(C)C(=O)[C@H](C(C)C)N(C)C(=O)C2(CCCC2)NC(=O)C2CCCN2C(=O)[C@H](CCc2ccc(C(F)(F)F)c(Cl)c2)NC(=O)CN(C)C(=O)[C@H](Cc2ccc(C#N)cc2)N(C)C(=O)CN(C)C(=O)CN(C)C1=O. The first kappa shape index (κ1) is 75.9. The van der Waals surface area contributed by atoms with Crippen molar-refractivity contribution in [3.8, 4) is 6.07 Å². The van der Waals surface area contributed by atoms with Gasteiger partial charge >= 0.3 is 6.18 Å². The van der Waals surface area contributed by atoms with E-state index in [1.807, 2.05) is 26.8 Å². The summed E-state index contributed by atoms with van der Waals surface area (Å²) in [5.41, 5.74) is -1.51. The molecule has 23 nitrogen and oxygen atoms in total. The van der Waals surface area contributed by atoms with Gasteiger partial charge in [0.05, 0.1) is 41.9 Å². The van der Waals surface area contributed by atoms with Gasteiger partial charge in [0, 0.05) is 74.8 Å². The van der Waals surface area contributed by atoms with Crippen molar-refractivity contribution in [3.05, 3.63) is 69.7 Å². The molecule has 93 heavy (non-hydrogen) atoms. The average molecular weight is 1320 g/mol. The molecule has 27 heteroatoms. The van der Waals surface area contributed by atoms with Crippen molar-refractivity contribution < 1.29 is 65.9 Å². The predicted molar refractivity (Wildman–Crippen MR) is 341 cm³/mol. The highest BCUT2D eigenvalue weighted by molar-refractivity contribution is 6.31. The number of alkyl halides is 3. The minimum Gasteiger partial charge on any atom is -0.343 e. The summed E-state index contributed by atoms with van der Waals surface area (Å²) < 4.78 is 41.3. The number of nitriles is 1. The molecule has 3 fully saturated rings. The van der Waals surface area contributed by atoms with E-state index in [2.05, 4.69) is 16.0 Å². The van der Waals surface area contributed by atoms with E-state index in [1.165, 1.54) is 87.1 Å². The number of nitrogens with zero attached hydrogens (tertiary/aromatic N) is 9. The average Bonchev–Trinajstić information content (AvgIpc) is 1.79. The quantitative estimate of drug-likeness (QED) is 0.293. The molecule has 11 amide bonds. The maximum atomic E-state index is 15.1. The lowest BCUT2D eigenvalue weighted by molar-refractivity contribution is -0.152. The van der Waals surface area contributed by atoms with Crippen LogP contribution in [0.1, 0.15) is 135 Å². The molecular formula is C66H94ClF3N12O11. The van der Waals surface area contributed by atoms with Crippen molar-refractivity contribution >= 4 is 76.6 Å². The Kier molecular flexibility index (Phi) is 26.8. The standard InChI is InChI=1S/C66H94ClF3N12O11/c1-15-41(6)56-62(91)77(10)37-54(85)75(8)38-55(86)80(13)51(34-44-20-22-45(35-71)23-21-44)61(90)76(9)36-52(83)72-48(27-25-43-24-26-46(47(67)33-43)66(68,69)70)60(89)82-30-18-19-49(82)59(88)74-65(28-16-17-29-65)64(93)81(14)57(40(4)5)63(92)78(11)42(7)32-53(84)79(12)50(31-39(2)3)58(87)73-56/h20-24,26,33,39-42,48-51,56-57H,15-19,25,27-32,34,36-38H2,1-14H3,(H,72,83)(H,73,87)(H,74,88)/t41-,42+,48-,49?,50-,51-,56-,57-/m0/s1. The zero-order chi connectivity index (χ0) is 69.7. The Balaban J connectivity index is 1.58. The molecule has 0 radical (unpaired) electrons. The van der Waals surface area contributed by atoms with Crippen LogP contribution in [0.15, 0.2) is 42.5 Å². The molecule has 1 unspecified atom stereocenters. The summed E-state index contributed by atoms with van der Waals surface area (Å²) in [5, 5.41) is 17.5. The minimum absolute atomic E-state index is 0.0264. The first-order chi connectivity index (χ1) is 43.5. The maximum absolute atomic E-state index is 15.1. The number of halogens is 4. The molecule has 0 bridgehead atoms. The van der Waals surface area contributed by atoms with E-state index >= 15 is 9.59 Å². The fourth-order valence-electron chi connectivity index (χ4n) is 12.4. The van der Waals surface area contributed by atoms with Crippen molar-refractivity contribution in [2.24, 2.45) is 17.8 Å².